The Hall–Kier alpha value is -2.29. The molecule has 5 N–H and O–H groups in total. The van der Waals surface area contributed by atoms with E-state index in [1.807, 2.05) is 21.4 Å². The molecule has 0 aromatic carbocycles. The van der Waals surface area contributed by atoms with E-state index in [0.29, 0.717) is 12.4 Å². The molecule has 2 atom stereocenters. The summed E-state index contributed by atoms with van der Waals surface area (Å²) in [6.07, 6.45) is 7.26. The standard InChI is InChI=1S/C16H21N6O2/c17-16-15-11(13-3-4-21(13)5-6-23)7-14(22(15)19-9-18-16)12-2-1-10(8-24)20-12/h3-4,7,9-10,12,20,23-24H,1-2,5-6,8H2,(H2,17,18,19)/q+1/t10-,12+/m0/s1. The average Bonchev–Trinajstić information content (AvgIpc) is 3.17. The van der Waals surface area contributed by atoms with Gasteiger partial charge in [0.15, 0.2) is 18.6 Å². The zero-order chi connectivity index (χ0) is 16.7. The zero-order valence-electron chi connectivity index (χ0n) is 13.3. The number of nitrogens with zero attached hydrogens (tertiary/aromatic N) is 4. The summed E-state index contributed by atoms with van der Waals surface area (Å²) < 4.78 is 3.83. The van der Waals surface area contributed by atoms with Gasteiger partial charge in [0.1, 0.15) is 18.5 Å². The quantitative estimate of drug-likeness (QED) is 0.546. The molecule has 24 heavy (non-hydrogen) atoms. The number of nitrogens with one attached hydrogen (secondary N) is 1. The second kappa shape index (κ2) is 5.97. The molecule has 0 spiro atoms. The van der Waals surface area contributed by atoms with Crippen LogP contribution in [-0.2, 0) is 0 Å². The zero-order valence-corrected chi connectivity index (χ0v) is 13.3. The Morgan fingerprint density at radius 3 is 2.92 bits per heavy atom. The molecule has 1 fully saturated rings. The summed E-state index contributed by atoms with van der Waals surface area (Å²) in [5.41, 5.74) is 9.89. The van der Waals surface area contributed by atoms with Crippen molar-refractivity contribution in [2.24, 2.45) is 0 Å². The number of nitrogen functional groups attached to an aromatic ring is 1. The van der Waals surface area contributed by atoms with Gasteiger partial charge in [-0.05, 0) is 18.9 Å². The van der Waals surface area contributed by atoms with Crippen LogP contribution in [0.25, 0.3) is 5.52 Å². The van der Waals surface area contributed by atoms with E-state index < -0.39 is 0 Å². The Morgan fingerprint density at radius 1 is 1.38 bits per heavy atom. The summed E-state index contributed by atoms with van der Waals surface area (Å²) in [7, 11) is 0. The Balaban J connectivity index is 1.82. The number of aliphatic hydroxyl groups excluding tert-OH is 2. The summed E-state index contributed by atoms with van der Waals surface area (Å²) in [5, 5.41) is 26.4. The monoisotopic (exact) mass is 329 g/mol. The van der Waals surface area contributed by atoms with E-state index in [4.69, 9.17) is 5.73 Å². The van der Waals surface area contributed by atoms with Crippen LogP contribution < -0.4 is 11.1 Å². The molecule has 2 aromatic heterocycles. The lowest BCUT2D eigenvalue weighted by molar-refractivity contribution is -0.469. The lowest BCUT2D eigenvalue weighted by Gasteiger charge is -2.12. The maximum absolute atomic E-state index is 9.36. The fourth-order valence-corrected chi connectivity index (χ4v) is 3.53. The van der Waals surface area contributed by atoms with Crippen LogP contribution in [0.1, 0.15) is 30.1 Å². The number of nitrogens with two attached hydrogens (primary N) is 1. The molecule has 8 heteroatoms. The van der Waals surface area contributed by atoms with E-state index in [1.54, 1.807) is 0 Å². The summed E-state index contributed by atoms with van der Waals surface area (Å²) >= 11 is 0. The molecule has 4 heterocycles. The van der Waals surface area contributed by atoms with Crippen molar-refractivity contribution in [2.45, 2.75) is 24.9 Å². The van der Waals surface area contributed by atoms with Crippen LogP contribution in [-0.4, -0.2) is 60.9 Å². The highest BCUT2D eigenvalue weighted by molar-refractivity contribution is 6.13. The van der Waals surface area contributed by atoms with Crippen molar-refractivity contribution in [1.82, 2.24) is 19.9 Å². The topological polar surface area (TPSA) is 112 Å². The molecule has 2 aromatic rings. The lowest BCUT2D eigenvalue weighted by Crippen LogP contribution is -2.28. The molecule has 0 bridgehead atoms. The van der Waals surface area contributed by atoms with Crippen molar-refractivity contribution >= 4 is 17.0 Å². The SMILES string of the molecule is Nc1ncnn2c([C@H]3CC[C@@H](CO)N3)cc(C3=[N+](CCO)C=C3)c12. The predicted molar refractivity (Wildman–Crippen MR) is 88.8 cm³/mol. The summed E-state index contributed by atoms with van der Waals surface area (Å²) in [5.74, 6) is 0.430. The third kappa shape index (κ3) is 2.31. The molecule has 2 aliphatic heterocycles. The van der Waals surface area contributed by atoms with Crippen molar-refractivity contribution in [3.05, 3.63) is 35.9 Å². The Kier molecular flexibility index (Phi) is 3.79. The van der Waals surface area contributed by atoms with Gasteiger partial charge >= 0.3 is 0 Å². The van der Waals surface area contributed by atoms with Gasteiger partial charge in [0.05, 0.1) is 23.9 Å². The van der Waals surface area contributed by atoms with Gasteiger partial charge in [0.25, 0.3) is 0 Å². The Labute approximate surface area is 138 Å². The van der Waals surface area contributed by atoms with Crippen LogP contribution in [0, 0.1) is 0 Å². The van der Waals surface area contributed by atoms with Gasteiger partial charge in [-0.1, -0.05) is 0 Å². The molecular formula is C16H21N6O2+. The van der Waals surface area contributed by atoms with Crippen LogP contribution in [0.5, 0.6) is 0 Å². The second-order valence-electron chi connectivity index (χ2n) is 6.18. The third-order valence-electron chi connectivity index (χ3n) is 4.77. The van der Waals surface area contributed by atoms with E-state index in [2.05, 4.69) is 21.5 Å². The molecule has 0 amide bonds. The number of β-amino-alcohol motifs (C(OH)–C–C–N with tert-alkyl or cyclic N) is 1. The Morgan fingerprint density at radius 2 is 2.25 bits per heavy atom. The molecule has 1 saturated heterocycles. The minimum Gasteiger partial charge on any atom is -0.395 e. The minimum absolute atomic E-state index is 0.0842. The maximum Gasteiger partial charge on any atom is 0.220 e. The van der Waals surface area contributed by atoms with Crippen LogP contribution in [0.2, 0.25) is 0 Å². The van der Waals surface area contributed by atoms with Crippen LogP contribution in [0.3, 0.4) is 0 Å². The van der Waals surface area contributed by atoms with Gasteiger partial charge in [-0.25, -0.2) is 9.50 Å². The van der Waals surface area contributed by atoms with Gasteiger partial charge in [-0.15, -0.1) is 0 Å². The summed E-state index contributed by atoms with van der Waals surface area (Å²) in [6, 6.07) is 2.32. The van der Waals surface area contributed by atoms with E-state index in [1.165, 1.54) is 6.33 Å². The van der Waals surface area contributed by atoms with Crippen molar-refractivity contribution < 1.29 is 14.8 Å². The molecule has 8 nitrogen and oxygen atoms in total. The average molecular weight is 329 g/mol. The third-order valence-corrected chi connectivity index (χ3v) is 4.77. The molecule has 4 rings (SSSR count). The highest BCUT2D eigenvalue weighted by Crippen LogP contribution is 2.31. The fraction of sp³-hybridized carbons (Fsp3) is 0.438. The smallest absolute Gasteiger partial charge is 0.220 e. The molecule has 0 radical (unpaired) electrons. The second-order valence-corrected chi connectivity index (χ2v) is 6.18. The van der Waals surface area contributed by atoms with E-state index >= 15 is 0 Å². The van der Waals surface area contributed by atoms with E-state index in [-0.39, 0.29) is 25.3 Å². The lowest BCUT2D eigenvalue weighted by atomic mass is 10.1. The Bertz CT molecular complexity index is 840. The van der Waals surface area contributed by atoms with Crippen LogP contribution >= 0.6 is 0 Å². The molecule has 2 aliphatic rings. The van der Waals surface area contributed by atoms with Gasteiger partial charge in [0.2, 0.25) is 5.71 Å². The van der Waals surface area contributed by atoms with Gasteiger partial charge < -0.3 is 21.3 Å². The number of allylic oxidation sites excluding steroid dienone is 1. The minimum atomic E-state index is 0.0842. The first kappa shape index (κ1) is 15.3. The molecule has 0 saturated carbocycles. The maximum atomic E-state index is 9.36. The van der Waals surface area contributed by atoms with Crippen molar-refractivity contribution in [3.63, 3.8) is 0 Å². The van der Waals surface area contributed by atoms with Crippen molar-refractivity contribution in [3.8, 4) is 0 Å². The first-order valence-electron chi connectivity index (χ1n) is 8.15. The highest BCUT2D eigenvalue weighted by Gasteiger charge is 2.32. The predicted octanol–water partition coefficient (Wildman–Crippen LogP) is -0.582. The number of anilines is 1. The van der Waals surface area contributed by atoms with Gasteiger partial charge in [-0.2, -0.15) is 9.67 Å². The van der Waals surface area contributed by atoms with Gasteiger partial charge in [-0.3, -0.25) is 0 Å². The van der Waals surface area contributed by atoms with Crippen molar-refractivity contribution in [1.29, 1.82) is 0 Å². The summed E-state index contributed by atoms with van der Waals surface area (Å²) in [4.78, 5) is 4.13. The van der Waals surface area contributed by atoms with Gasteiger partial charge in [0, 0.05) is 12.1 Å². The number of fused-ring (bicyclic) bond motifs is 1. The first-order chi connectivity index (χ1) is 11.7. The highest BCUT2D eigenvalue weighted by atomic mass is 16.3. The molecule has 0 unspecified atom stereocenters. The number of aromatic nitrogens is 3. The molecule has 126 valence electrons. The largest absolute Gasteiger partial charge is 0.395 e. The van der Waals surface area contributed by atoms with Crippen LogP contribution in [0.15, 0.2) is 24.7 Å². The normalized spacial score (nSPS) is 23.2. The number of aliphatic hydroxyl groups is 2. The van der Waals surface area contributed by atoms with E-state index in [9.17, 15) is 10.2 Å². The fourth-order valence-electron chi connectivity index (χ4n) is 3.53. The number of hydrogen-bond donors (Lipinski definition) is 4. The molecule has 0 aliphatic carbocycles. The summed E-state index contributed by atoms with van der Waals surface area (Å²) in [6.45, 7) is 0.759. The van der Waals surface area contributed by atoms with Crippen LogP contribution in [0.4, 0.5) is 5.82 Å². The van der Waals surface area contributed by atoms with E-state index in [0.717, 1.165) is 35.3 Å². The number of rotatable bonds is 5. The molecular weight excluding hydrogens is 308 g/mol. The number of hydrogen-bond acceptors (Lipinski definition) is 6. The van der Waals surface area contributed by atoms with Crippen molar-refractivity contribution in [2.75, 3.05) is 25.5 Å². The first-order valence-corrected chi connectivity index (χ1v) is 8.15.